The molecule has 1 atom stereocenters. The first-order chi connectivity index (χ1) is 15.4. The summed E-state index contributed by atoms with van der Waals surface area (Å²) in [7, 11) is -3.55. The second kappa shape index (κ2) is 9.57. The van der Waals surface area contributed by atoms with Crippen LogP contribution in [0.4, 0.5) is 0 Å². The zero-order valence-electron chi connectivity index (χ0n) is 18.3. The van der Waals surface area contributed by atoms with E-state index >= 15 is 0 Å². The standard InChI is InChI=1S/C25H28N2O3S2/c1-18-10-11-22(17-19(18)2)32(29,30)27-14-12-21(13-15-27)25(28)26-24(23-9-6-16-31-23)20-7-4-3-5-8-20/h3-11,16-17,21,24H,12-15H2,1-2H3,(H,26,28)/t24-/m0/s1. The van der Waals surface area contributed by atoms with Gasteiger partial charge in [-0.3, -0.25) is 4.79 Å². The Balaban J connectivity index is 1.43. The van der Waals surface area contributed by atoms with Crippen molar-refractivity contribution in [1.82, 2.24) is 9.62 Å². The number of aryl methyl sites for hydroxylation is 2. The predicted octanol–water partition coefficient (Wildman–Crippen LogP) is 4.67. The molecule has 0 bridgehead atoms. The Kier molecular flexibility index (Phi) is 6.79. The van der Waals surface area contributed by atoms with Crippen molar-refractivity contribution in [2.45, 2.75) is 37.6 Å². The number of carbonyl (C=O) groups is 1. The molecule has 0 aliphatic carbocycles. The number of rotatable bonds is 6. The van der Waals surface area contributed by atoms with E-state index in [0.29, 0.717) is 30.8 Å². The maximum atomic E-state index is 13.1. The Morgan fingerprint density at radius 2 is 1.72 bits per heavy atom. The Labute approximate surface area is 194 Å². The predicted molar refractivity (Wildman–Crippen MR) is 128 cm³/mol. The molecule has 2 heterocycles. The number of carbonyl (C=O) groups excluding carboxylic acids is 1. The number of thiophene rings is 1. The molecule has 1 fully saturated rings. The topological polar surface area (TPSA) is 66.5 Å². The molecule has 3 aromatic rings. The van der Waals surface area contributed by atoms with Gasteiger partial charge in [-0.15, -0.1) is 11.3 Å². The Hall–Kier alpha value is -2.48. The number of nitrogens with one attached hydrogen (secondary N) is 1. The molecule has 4 rings (SSSR count). The van der Waals surface area contributed by atoms with Gasteiger partial charge >= 0.3 is 0 Å². The second-order valence-corrected chi connectivity index (χ2v) is 11.2. The van der Waals surface area contributed by atoms with Gasteiger partial charge in [0.25, 0.3) is 0 Å². The van der Waals surface area contributed by atoms with Crippen LogP contribution in [0.5, 0.6) is 0 Å². The molecular weight excluding hydrogens is 440 g/mol. The van der Waals surface area contributed by atoms with Crippen LogP contribution in [0, 0.1) is 19.8 Å². The lowest BCUT2D eigenvalue weighted by molar-refractivity contribution is -0.126. The maximum absolute atomic E-state index is 13.1. The van der Waals surface area contributed by atoms with Crippen LogP contribution < -0.4 is 5.32 Å². The summed E-state index contributed by atoms with van der Waals surface area (Å²) < 4.78 is 27.7. The molecule has 0 spiro atoms. The van der Waals surface area contributed by atoms with Gasteiger partial charge < -0.3 is 5.32 Å². The minimum absolute atomic E-state index is 0.0181. The average molecular weight is 469 g/mol. The van der Waals surface area contributed by atoms with Crippen molar-refractivity contribution >= 4 is 27.3 Å². The van der Waals surface area contributed by atoms with E-state index in [9.17, 15) is 13.2 Å². The third kappa shape index (κ3) is 4.80. The van der Waals surface area contributed by atoms with Crippen LogP contribution in [0.1, 0.15) is 40.5 Å². The second-order valence-electron chi connectivity index (χ2n) is 8.29. The van der Waals surface area contributed by atoms with Crippen LogP contribution in [0.15, 0.2) is 70.9 Å². The van der Waals surface area contributed by atoms with Gasteiger partial charge in [-0.25, -0.2) is 8.42 Å². The zero-order chi connectivity index (χ0) is 22.7. The van der Waals surface area contributed by atoms with Crippen molar-refractivity contribution in [3.8, 4) is 0 Å². The maximum Gasteiger partial charge on any atom is 0.243 e. The van der Waals surface area contributed by atoms with Gasteiger partial charge in [0.1, 0.15) is 0 Å². The fourth-order valence-corrected chi connectivity index (χ4v) is 6.42. The number of hydrogen-bond acceptors (Lipinski definition) is 4. The van der Waals surface area contributed by atoms with Crippen molar-refractivity contribution in [2.24, 2.45) is 5.92 Å². The molecule has 7 heteroatoms. The van der Waals surface area contributed by atoms with E-state index in [1.807, 2.05) is 67.8 Å². The molecule has 1 amide bonds. The van der Waals surface area contributed by atoms with Crippen LogP contribution in [-0.4, -0.2) is 31.7 Å². The lowest BCUT2D eigenvalue weighted by Gasteiger charge is -2.31. The molecular formula is C25H28N2O3S2. The quantitative estimate of drug-likeness (QED) is 0.572. The third-order valence-electron chi connectivity index (χ3n) is 6.19. The monoisotopic (exact) mass is 468 g/mol. The fraction of sp³-hybridized carbons (Fsp3) is 0.320. The molecule has 0 radical (unpaired) electrons. The molecule has 0 unspecified atom stereocenters. The number of benzene rings is 2. The first kappa shape index (κ1) is 22.7. The zero-order valence-corrected chi connectivity index (χ0v) is 20.0. The van der Waals surface area contributed by atoms with Crippen molar-refractivity contribution in [2.75, 3.05) is 13.1 Å². The Bertz CT molecular complexity index is 1170. The van der Waals surface area contributed by atoms with E-state index in [4.69, 9.17) is 0 Å². The van der Waals surface area contributed by atoms with Crippen molar-refractivity contribution in [3.05, 3.63) is 87.6 Å². The fourth-order valence-electron chi connectivity index (χ4n) is 4.06. The SMILES string of the molecule is Cc1ccc(S(=O)(=O)N2CCC(C(=O)N[C@@H](c3ccccc3)c3cccs3)CC2)cc1C. The van der Waals surface area contributed by atoms with Crippen molar-refractivity contribution in [3.63, 3.8) is 0 Å². The number of piperidine rings is 1. The van der Waals surface area contributed by atoms with Crippen LogP contribution in [0.2, 0.25) is 0 Å². The van der Waals surface area contributed by atoms with Gasteiger partial charge in [-0.1, -0.05) is 42.5 Å². The summed E-state index contributed by atoms with van der Waals surface area (Å²) >= 11 is 1.62. The minimum Gasteiger partial charge on any atom is -0.344 e. The molecule has 1 aromatic heterocycles. The molecule has 1 aliphatic heterocycles. The largest absolute Gasteiger partial charge is 0.344 e. The molecule has 32 heavy (non-hydrogen) atoms. The van der Waals surface area contributed by atoms with Crippen LogP contribution in [0.25, 0.3) is 0 Å². The lowest BCUT2D eigenvalue weighted by atomic mass is 9.96. The highest BCUT2D eigenvalue weighted by Gasteiger charge is 2.33. The first-order valence-electron chi connectivity index (χ1n) is 10.8. The highest BCUT2D eigenvalue weighted by molar-refractivity contribution is 7.89. The summed E-state index contributed by atoms with van der Waals surface area (Å²) in [5.74, 6) is -0.220. The van der Waals surface area contributed by atoms with Gasteiger partial charge in [0.2, 0.25) is 15.9 Å². The van der Waals surface area contributed by atoms with Gasteiger partial charge in [0.15, 0.2) is 0 Å². The highest BCUT2D eigenvalue weighted by Crippen LogP contribution is 2.29. The smallest absolute Gasteiger partial charge is 0.243 e. The van der Waals surface area contributed by atoms with E-state index in [1.54, 1.807) is 23.5 Å². The van der Waals surface area contributed by atoms with E-state index in [0.717, 1.165) is 21.6 Å². The summed E-state index contributed by atoms with van der Waals surface area (Å²) in [4.78, 5) is 14.5. The van der Waals surface area contributed by atoms with Crippen molar-refractivity contribution < 1.29 is 13.2 Å². The molecule has 2 aromatic carbocycles. The van der Waals surface area contributed by atoms with E-state index < -0.39 is 10.0 Å². The summed E-state index contributed by atoms with van der Waals surface area (Å²) in [5.41, 5.74) is 3.07. The molecule has 1 N–H and O–H groups in total. The first-order valence-corrected chi connectivity index (χ1v) is 13.1. The Morgan fingerprint density at radius 1 is 1.00 bits per heavy atom. The van der Waals surface area contributed by atoms with Crippen LogP contribution in [0.3, 0.4) is 0 Å². The van der Waals surface area contributed by atoms with Gasteiger partial charge in [0, 0.05) is 23.9 Å². The van der Waals surface area contributed by atoms with Gasteiger partial charge in [0.05, 0.1) is 10.9 Å². The van der Waals surface area contributed by atoms with E-state index in [1.165, 1.54) is 4.31 Å². The molecule has 168 valence electrons. The summed E-state index contributed by atoms with van der Waals surface area (Å²) in [6.45, 7) is 4.58. The van der Waals surface area contributed by atoms with Crippen LogP contribution in [-0.2, 0) is 14.8 Å². The molecule has 1 saturated heterocycles. The van der Waals surface area contributed by atoms with Crippen LogP contribution >= 0.6 is 11.3 Å². The number of nitrogens with zero attached hydrogens (tertiary/aromatic N) is 1. The minimum atomic E-state index is -3.55. The Morgan fingerprint density at radius 3 is 2.34 bits per heavy atom. The number of hydrogen-bond donors (Lipinski definition) is 1. The summed E-state index contributed by atoms with van der Waals surface area (Å²) in [6, 6.07) is 19.0. The lowest BCUT2D eigenvalue weighted by Crippen LogP contribution is -2.43. The average Bonchev–Trinajstić information content (AvgIpc) is 3.34. The molecule has 0 saturated carbocycles. The highest BCUT2D eigenvalue weighted by atomic mass is 32.2. The summed E-state index contributed by atoms with van der Waals surface area (Å²) in [6.07, 6.45) is 1.03. The number of sulfonamides is 1. The molecule has 1 aliphatic rings. The van der Waals surface area contributed by atoms with Gasteiger partial charge in [-0.2, -0.15) is 4.31 Å². The molecule has 5 nitrogen and oxygen atoms in total. The van der Waals surface area contributed by atoms with Gasteiger partial charge in [-0.05, 0) is 67.0 Å². The van der Waals surface area contributed by atoms with E-state index in [2.05, 4.69) is 5.32 Å². The van der Waals surface area contributed by atoms with E-state index in [-0.39, 0.29) is 17.9 Å². The van der Waals surface area contributed by atoms with Crippen molar-refractivity contribution in [1.29, 1.82) is 0 Å². The normalized spacial score (nSPS) is 16.6. The number of amides is 1. The summed E-state index contributed by atoms with van der Waals surface area (Å²) in [5, 5.41) is 5.22. The third-order valence-corrected chi connectivity index (χ3v) is 9.02.